The fourth-order valence-electron chi connectivity index (χ4n) is 13.6. The predicted octanol–water partition coefficient (Wildman–Crippen LogP) is 21.0. The highest BCUT2D eigenvalue weighted by molar-refractivity contribution is 9.10. The molecule has 9 heteroatoms. The Labute approximate surface area is 479 Å². The number of hydrogen-bond donors (Lipinski definition) is 0. The molecule has 4 aromatic heterocycles. The van der Waals surface area contributed by atoms with E-state index in [9.17, 15) is 0 Å². The summed E-state index contributed by atoms with van der Waals surface area (Å²) in [5, 5.41) is 7.81. The number of aromatic nitrogens is 5. The quantitative estimate of drug-likeness (QED) is 0.119. The number of para-hydroxylation sites is 12. The van der Waals surface area contributed by atoms with Crippen molar-refractivity contribution in [3.8, 4) is 17.1 Å². The molecule has 0 unspecified atom stereocenters. The van der Waals surface area contributed by atoms with Gasteiger partial charge in [-0.3, -0.25) is 0 Å². The van der Waals surface area contributed by atoms with Gasteiger partial charge in [0.05, 0.1) is 113 Å². The molecule has 0 bridgehead atoms. The molecule has 4 aliphatic rings. The van der Waals surface area contributed by atoms with Crippen molar-refractivity contribution in [1.82, 2.24) is 22.5 Å². The van der Waals surface area contributed by atoms with Gasteiger partial charge >= 0.3 is 0 Å². The second kappa shape index (κ2) is 17.2. The van der Waals surface area contributed by atoms with E-state index in [1.165, 1.54) is 151 Å². The first kappa shape index (κ1) is 45.2. The Hall–Kier alpha value is -9.64. The molecular formula is C72H43BrN6S2. The molecule has 0 spiro atoms. The number of benzene rings is 12. The lowest BCUT2D eigenvalue weighted by Crippen LogP contribution is -2.17. The summed E-state index contributed by atoms with van der Waals surface area (Å²) in [6, 6.07) is 94.0. The SMILES string of the molecule is Brc1ccc2c(c1)c1cccc3c1n2-c1ccccc1N3c1ccccc1.c1ccc2c(c1)c1cccc3c1n2c1cccc2c4ccccc4n3c21.c1ccc2c(c1)sc1cccc3c1-n2c1cccc2sc4ccccc4n3-c21. The molecule has 0 N–H and O–H groups in total. The molecule has 0 saturated heterocycles. The van der Waals surface area contributed by atoms with Crippen molar-refractivity contribution >= 4 is 173 Å². The maximum absolute atomic E-state index is 3.64. The van der Waals surface area contributed by atoms with Crippen molar-refractivity contribution in [3.63, 3.8) is 0 Å². The smallest absolute Gasteiger partial charge is 0.0878 e. The largest absolute Gasteiger partial charge is 0.306 e. The van der Waals surface area contributed by atoms with Gasteiger partial charge in [-0.2, -0.15) is 0 Å². The molecule has 0 aliphatic carbocycles. The molecule has 0 amide bonds. The minimum Gasteiger partial charge on any atom is -0.306 e. The molecule has 16 aromatic rings. The summed E-state index contributed by atoms with van der Waals surface area (Å²) in [4.78, 5) is 2.37. The molecule has 8 heterocycles. The average molecular weight is 1140 g/mol. The number of fused-ring (bicyclic) bond motifs is 19. The highest BCUT2D eigenvalue weighted by Gasteiger charge is 2.29. The number of hydrogen-bond acceptors (Lipinski definition) is 3. The van der Waals surface area contributed by atoms with Crippen LogP contribution in [0.4, 0.5) is 17.1 Å². The van der Waals surface area contributed by atoms with Gasteiger partial charge in [0.15, 0.2) is 0 Å². The van der Waals surface area contributed by atoms with Gasteiger partial charge in [-0.1, -0.05) is 155 Å². The van der Waals surface area contributed by atoms with Crippen molar-refractivity contribution in [2.45, 2.75) is 0 Å². The van der Waals surface area contributed by atoms with Gasteiger partial charge < -0.3 is 27.4 Å². The summed E-state index contributed by atoms with van der Waals surface area (Å²) in [5.74, 6) is 0. The van der Waals surface area contributed by atoms with E-state index in [1.54, 1.807) is 0 Å². The van der Waals surface area contributed by atoms with E-state index < -0.39 is 0 Å². The van der Waals surface area contributed by atoms with E-state index in [-0.39, 0.29) is 0 Å². The van der Waals surface area contributed by atoms with Gasteiger partial charge in [0.1, 0.15) is 0 Å². The lowest BCUT2D eigenvalue weighted by atomic mass is 10.1. The van der Waals surface area contributed by atoms with Crippen LogP contribution in [0.15, 0.2) is 265 Å². The van der Waals surface area contributed by atoms with Crippen LogP contribution in [-0.4, -0.2) is 22.5 Å². The van der Waals surface area contributed by atoms with Crippen LogP contribution in [0.5, 0.6) is 0 Å². The topological polar surface area (TPSA) is 26.9 Å². The van der Waals surface area contributed by atoms with Gasteiger partial charge in [0.25, 0.3) is 0 Å². The van der Waals surface area contributed by atoms with Crippen LogP contribution in [0.25, 0.3) is 134 Å². The maximum atomic E-state index is 3.64. The fourth-order valence-corrected chi connectivity index (χ4v) is 16.1. The Morgan fingerprint density at radius 2 is 0.679 bits per heavy atom. The van der Waals surface area contributed by atoms with Gasteiger partial charge in [-0.15, -0.1) is 22.7 Å². The van der Waals surface area contributed by atoms with Crippen molar-refractivity contribution in [2.75, 3.05) is 4.90 Å². The molecular weight excluding hydrogens is 1090 g/mol. The minimum absolute atomic E-state index is 1.10. The van der Waals surface area contributed by atoms with E-state index in [1.807, 2.05) is 22.7 Å². The van der Waals surface area contributed by atoms with Crippen molar-refractivity contribution in [2.24, 2.45) is 0 Å². The van der Waals surface area contributed by atoms with Crippen LogP contribution >= 0.6 is 38.6 Å². The first-order valence-corrected chi connectivity index (χ1v) is 29.7. The van der Waals surface area contributed by atoms with Crippen LogP contribution in [-0.2, 0) is 0 Å². The molecule has 4 aliphatic heterocycles. The van der Waals surface area contributed by atoms with Gasteiger partial charge in [-0.05, 0) is 121 Å². The second-order valence-electron chi connectivity index (χ2n) is 20.9. The van der Waals surface area contributed by atoms with Gasteiger partial charge in [-0.25, -0.2) is 0 Å². The van der Waals surface area contributed by atoms with E-state index in [0.717, 1.165) is 4.47 Å². The Morgan fingerprint density at radius 1 is 0.259 bits per heavy atom. The number of rotatable bonds is 1. The molecule has 0 atom stereocenters. The maximum Gasteiger partial charge on any atom is 0.0878 e. The van der Waals surface area contributed by atoms with Crippen LogP contribution in [0.2, 0.25) is 0 Å². The van der Waals surface area contributed by atoms with Crippen molar-refractivity contribution in [3.05, 3.63) is 265 Å². The van der Waals surface area contributed by atoms with Crippen molar-refractivity contribution in [1.29, 1.82) is 0 Å². The second-order valence-corrected chi connectivity index (χ2v) is 24.0. The van der Waals surface area contributed by atoms with Gasteiger partial charge in [0.2, 0.25) is 0 Å². The Balaban J connectivity index is 0.0000000937. The zero-order valence-electron chi connectivity index (χ0n) is 43.2. The Morgan fingerprint density at radius 3 is 1.27 bits per heavy atom. The molecule has 20 rings (SSSR count). The molecule has 380 valence electrons. The summed E-state index contributed by atoms with van der Waals surface area (Å²) < 4.78 is 18.5. The third-order valence-corrected chi connectivity index (χ3v) is 19.4. The summed E-state index contributed by atoms with van der Waals surface area (Å²) in [6.07, 6.45) is 0. The van der Waals surface area contributed by atoms with E-state index in [2.05, 4.69) is 304 Å². The standard InChI is InChI=1S/C24H15BrN2.C24H14N2S2.C24H14N2/c25-16-13-14-20-19(15-16)18-9-6-12-23-24(18)27(20)22-11-5-4-10-21(22)26(23)17-7-2-1-3-8-17;1-3-11-19-15(7-1)25-17-9-5-14-22-24(17)26(16-8-2-4-12-20(16)28-22)18-10-6-13-21(27-19)23(18)25;1-3-11-19-15(7-1)17-9-5-13-21-23(17)25(19)22-14-6-10-18-16-8-2-4-12-20(16)26(21)24(18)22/h1-15H;1-14H;1-14H. The number of halogens is 1. The lowest BCUT2D eigenvalue weighted by Gasteiger charge is -2.33. The molecule has 0 radical (unpaired) electrons. The monoisotopic (exact) mass is 1130 g/mol. The molecule has 12 aromatic carbocycles. The fraction of sp³-hybridized carbons (Fsp3) is 0. The number of nitrogens with zero attached hydrogens (tertiary/aromatic N) is 6. The van der Waals surface area contributed by atoms with Crippen molar-refractivity contribution < 1.29 is 0 Å². The normalized spacial score (nSPS) is 12.5. The molecule has 0 fully saturated rings. The van der Waals surface area contributed by atoms with Crippen LogP contribution in [0.3, 0.4) is 0 Å². The molecule has 0 saturated carbocycles. The van der Waals surface area contributed by atoms with E-state index in [4.69, 9.17) is 0 Å². The lowest BCUT2D eigenvalue weighted by molar-refractivity contribution is 1.08. The Kier molecular flexibility index (Phi) is 9.60. The zero-order chi connectivity index (χ0) is 53.0. The first-order chi connectivity index (χ1) is 40.2. The summed E-state index contributed by atoms with van der Waals surface area (Å²) in [6.45, 7) is 0. The third-order valence-electron chi connectivity index (χ3n) is 16.7. The predicted molar refractivity (Wildman–Crippen MR) is 348 cm³/mol. The minimum atomic E-state index is 1.10. The zero-order valence-corrected chi connectivity index (χ0v) is 46.4. The molecule has 6 nitrogen and oxygen atoms in total. The highest BCUT2D eigenvalue weighted by Crippen LogP contribution is 2.50. The summed E-state index contributed by atoms with van der Waals surface area (Å²) in [7, 11) is 0. The average Bonchev–Trinajstić information content (AvgIpc) is 3.68. The third kappa shape index (κ3) is 6.31. The van der Waals surface area contributed by atoms with Crippen LogP contribution in [0.1, 0.15) is 0 Å². The van der Waals surface area contributed by atoms with E-state index in [0.29, 0.717) is 0 Å². The van der Waals surface area contributed by atoms with Gasteiger partial charge in [0, 0.05) is 42.5 Å². The van der Waals surface area contributed by atoms with E-state index >= 15 is 0 Å². The first-order valence-electron chi connectivity index (χ1n) is 27.3. The van der Waals surface area contributed by atoms with Crippen LogP contribution < -0.4 is 4.90 Å². The Bertz CT molecular complexity index is 5460. The summed E-state index contributed by atoms with van der Waals surface area (Å²) in [5.41, 5.74) is 22.6. The number of anilines is 3. The summed E-state index contributed by atoms with van der Waals surface area (Å²) >= 11 is 7.38. The molecule has 81 heavy (non-hydrogen) atoms. The highest BCUT2D eigenvalue weighted by atomic mass is 79.9. The van der Waals surface area contributed by atoms with Crippen LogP contribution in [0, 0.1) is 0 Å².